The molecule has 0 saturated carbocycles. The Labute approximate surface area is 120 Å². The van der Waals surface area contributed by atoms with Gasteiger partial charge in [-0.3, -0.25) is 4.79 Å². The molecule has 2 heteroatoms. The molecule has 0 aromatic heterocycles. The van der Waals surface area contributed by atoms with Crippen LogP contribution in [0.2, 0.25) is 0 Å². The van der Waals surface area contributed by atoms with Crippen LogP contribution in [-0.4, -0.2) is 19.4 Å². The number of carbonyl (C=O) groups excluding carboxylic acids is 1. The first-order valence-corrected chi connectivity index (χ1v) is 7.10. The molecule has 2 nitrogen and oxygen atoms in total. The number of anilines is 1. The highest BCUT2D eigenvalue weighted by atomic mass is 16.1. The average molecular weight is 265 g/mol. The second kappa shape index (κ2) is 5.12. The molecule has 3 rings (SSSR count). The lowest BCUT2D eigenvalue weighted by Gasteiger charge is -2.27. The van der Waals surface area contributed by atoms with E-state index in [9.17, 15) is 4.79 Å². The van der Waals surface area contributed by atoms with Crippen LogP contribution in [-0.2, 0) is 6.42 Å². The number of hydrogen-bond donors (Lipinski definition) is 0. The van der Waals surface area contributed by atoms with Gasteiger partial charge >= 0.3 is 0 Å². The Balaban J connectivity index is 2.03. The van der Waals surface area contributed by atoms with E-state index in [1.165, 1.54) is 23.2 Å². The number of hydrogen-bond acceptors (Lipinski definition) is 2. The van der Waals surface area contributed by atoms with Gasteiger partial charge in [-0.05, 0) is 54.7 Å². The first-order chi connectivity index (χ1) is 9.65. The van der Waals surface area contributed by atoms with Crippen molar-refractivity contribution in [3.8, 4) is 11.1 Å². The van der Waals surface area contributed by atoms with Crippen LogP contribution < -0.4 is 4.90 Å². The summed E-state index contributed by atoms with van der Waals surface area (Å²) in [7, 11) is 2.15. The summed E-state index contributed by atoms with van der Waals surface area (Å²) in [6, 6.07) is 14.5. The van der Waals surface area contributed by atoms with E-state index in [2.05, 4.69) is 36.2 Å². The Kier molecular flexibility index (Phi) is 3.31. The zero-order chi connectivity index (χ0) is 14.1. The molecule has 1 aliphatic rings. The van der Waals surface area contributed by atoms with Crippen LogP contribution in [0.25, 0.3) is 11.1 Å². The van der Waals surface area contributed by atoms with E-state index in [4.69, 9.17) is 0 Å². The Hall–Kier alpha value is -2.09. The zero-order valence-corrected chi connectivity index (χ0v) is 12.0. The molecule has 20 heavy (non-hydrogen) atoms. The van der Waals surface area contributed by atoms with Crippen molar-refractivity contribution in [2.24, 2.45) is 0 Å². The van der Waals surface area contributed by atoms with Crippen molar-refractivity contribution >= 4 is 11.5 Å². The maximum atomic E-state index is 11.5. The van der Waals surface area contributed by atoms with E-state index in [0.717, 1.165) is 24.1 Å². The average Bonchev–Trinajstić information content (AvgIpc) is 2.47. The maximum Gasteiger partial charge on any atom is 0.159 e. The van der Waals surface area contributed by atoms with Crippen LogP contribution in [0.15, 0.2) is 42.5 Å². The van der Waals surface area contributed by atoms with Gasteiger partial charge in [-0.1, -0.05) is 24.3 Å². The third kappa shape index (κ3) is 2.34. The van der Waals surface area contributed by atoms with Gasteiger partial charge in [0.25, 0.3) is 0 Å². The van der Waals surface area contributed by atoms with Gasteiger partial charge in [0, 0.05) is 24.8 Å². The van der Waals surface area contributed by atoms with E-state index in [1.54, 1.807) is 6.92 Å². The van der Waals surface area contributed by atoms with Gasteiger partial charge < -0.3 is 4.90 Å². The van der Waals surface area contributed by atoms with Crippen molar-refractivity contribution in [1.29, 1.82) is 0 Å². The van der Waals surface area contributed by atoms with Gasteiger partial charge in [-0.25, -0.2) is 0 Å². The van der Waals surface area contributed by atoms with Crippen LogP contribution in [0, 0.1) is 0 Å². The second-order valence-corrected chi connectivity index (χ2v) is 5.51. The normalized spacial score (nSPS) is 14.0. The van der Waals surface area contributed by atoms with Crippen LogP contribution in [0.3, 0.4) is 0 Å². The van der Waals surface area contributed by atoms with Crippen LogP contribution >= 0.6 is 0 Å². The number of carbonyl (C=O) groups is 1. The minimum atomic E-state index is 0.115. The minimum Gasteiger partial charge on any atom is -0.374 e. The molecule has 0 bridgehead atoms. The highest BCUT2D eigenvalue weighted by molar-refractivity contribution is 5.95. The zero-order valence-electron chi connectivity index (χ0n) is 12.0. The molecule has 0 fully saturated rings. The maximum absolute atomic E-state index is 11.5. The molecular weight excluding hydrogens is 246 g/mol. The quantitative estimate of drug-likeness (QED) is 0.767. The standard InChI is InChI=1S/C18H19NO/c1-13(20)14-5-3-6-15(11-14)16-8-9-18-17(12-16)7-4-10-19(18)2/h3,5-6,8-9,11-12H,4,7,10H2,1-2H3. The number of rotatable bonds is 2. The van der Waals surface area contributed by atoms with Crippen molar-refractivity contribution in [3.63, 3.8) is 0 Å². The summed E-state index contributed by atoms with van der Waals surface area (Å²) in [5, 5.41) is 0. The fourth-order valence-corrected chi connectivity index (χ4v) is 2.88. The summed E-state index contributed by atoms with van der Waals surface area (Å²) in [5.74, 6) is 0.115. The number of nitrogens with zero attached hydrogens (tertiary/aromatic N) is 1. The molecule has 0 unspecified atom stereocenters. The fraction of sp³-hybridized carbons (Fsp3) is 0.278. The summed E-state index contributed by atoms with van der Waals surface area (Å²) in [5.41, 5.74) is 5.83. The van der Waals surface area contributed by atoms with Gasteiger partial charge in [0.05, 0.1) is 0 Å². The lowest BCUT2D eigenvalue weighted by Crippen LogP contribution is -2.24. The molecule has 2 aromatic rings. The summed E-state index contributed by atoms with van der Waals surface area (Å²) >= 11 is 0. The lowest BCUT2D eigenvalue weighted by molar-refractivity contribution is 0.101. The third-order valence-electron chi connectivity index (χ3n) is 4.03. The molecule has 0 saturated heterocycles. The summed E-state index contributed by atoms with van der Waals surface area (Å²) in [4.78, 5) is 13.8. The number of Topliss-reactive ketones (excluding diaryl/α,β-unsaturated/α-hetero) is 1. The minimum absolute atomic E-state index is 0.115. The number of ketones is 1. The first-order valence-electron chi connectivity index (χ1n) is 7.10. The van der Waals surface area contributed by atoms with E-state index < -0.39 is 0 Å². The molecule has 102 valence electrons. The van der Waals surface area contributed by atoms with Crippen molar-refractivity contribution in [1.82, 2.24) is 0 Å². The predicted molar refractivity (Wildman–Crippen MR) is 83.5 cm³/mol. The number of fused-ring (bicyclic) bond motifs is 1. The molecule has 0 radical (unpaired) electrons. The molecule has 0 N–H and O–H groups in total. The molecular formula is C18H19NO. The highest BCUT2D eigenvalue weighted by Crippen LogP contribution is 2.31. The van der Waals surface area contributed by atoms with Gasteiger partial charge in [0.15, 0.2) is 5.78 Å². The van der Waals surface area contributed by atoms with Crippen LogP contribution in [0.1, 0.15) is 29.3 Å². The van der Waals surface area contributed by atoms with Crippen molar-refractivity contribution in [2.75, 3.05) is 18.5 Å². The van der Waals surface area contributed by atoms with Crippen molar-refractivity contribution in [2.45, 2.75) is 19.8 Å². The van der Waals surface area contributed by atoms with Gasteiger partial charge in [0.2, 0.25) is 0 Å². The lowest BCUT2D eigenvalue weighted by atomic mass is 9.95. The molecule has 1 aliphatic heterocycles. The summed E-state index contributed by atoms with van der Waals surface area (Å²) < 4.78 is 0. The first kappa shape index (κ1) is 12.9. The number of aryl methyl sites for hydroxylation is 1. The van der Waals surface area contributed by atoms with Gasteiger partial charge in [-0.15, -0.1) is 0 Å². The number of benzene rings is 2. The van der Waals surface area contributed by atoms with E-state index in [0.29, 0.717) is 0 Å². The predicted octanol–water partition coefficient (Wildman–Crippen LogP) is 3.94. The SMILES string of the molecule is CC(=O)c1cccc(-c2ccc3c(c2)CCCN3C)c1. The van der Waals surface area contributed by atoms with Crippen LogP contribution in [0.5, 0.6) is 0 Å². The molecule has 0 amide bonds. The molecule has 0 aliphatic carbocycles. The van der Waals surface area contributed by atoms with Crippen LogP contribution in [0.4, 0.5) is 5.69 Å². The smallest absolute Gasteiger partial charge is 0.159 e. The van der Waals surface area contributed by atoms with E-state index >= 15 is 0 Å². The molecule has 0 spiro atoms. The Morgan fingerprint density at radius 1 is 1.10 bits per heavy atom. The molecule has 1 heterocycles. The summed E-state index contributed by atoms with van der Waals surface area (Å²) in [6.45, 7) is 2.74. The van der Waals surface area contributed by atoms with Gasteiger partial charge in [0.1, 0.15) is 0 Å². The summed E-state index contributed by atoms with van der Waals surface area (Å²) in [6.07, 6.45) is 2.35. The Bertz CT molecular complexity index is 660. The second-order valence-electron chi connectivity index (χ2n) is 5.51. The third-order valence-corrected chi connectivity index (χ3v) is 4.03. The largest absolute Gasteiger partial charge is 0.374 e. The van der Waals surface area contributed by atoms with E-state index in [-0.39, 0.29) is 5.78 Å². The Morgan fingerprint density at radius 3 is 2.70 bits per heavy atom. The monoisotopic (exact) mass is 265 g/mol. The Morgan fingerprint density at radius 2 is 1.90 bits per heavy atom. The highest BCUT2D eigenvalue weighted by Gasteiger charge is 2.14. The van der Waals surface area contributed by atoms with Crippen molar-refractivity contribution < 1.29 is 4.79 Å². The molecule has 0 atom stereocenters. The van der Waals surface area contributed by atoms with E-state index in [1.807, 2.05) is 18.2 Å². The topological polar surface area (TPSA) is 20.3 Å². The molecule has 2 aromatic carbocycles. The fourth-order valence-electron chi connectivity index (χ4n) is 2.88. The van der Waals surface area contributed by atoms with Crippen molar-refractivity contribution in [3.05, 3.63) is 53.6 Å². The van der Waals surface area contributed by atoms with Gasteiger partial charge in [-0.2, -0.15) is 0 Å².